The zero-order chi connectivity index (χ0) is 23.8. The van der Waals surface area contributed by atoms with Crippen molar-refractivity contribution in [3.05, 3.63) is 59.7 Å². The lowest BCUT2D eigenvalue weighted by Gasteiger charge is -2.28. The Morgan fingerprint density at radius 1 is 1.06 bits per heavy atom. The van der Waals surface area contributed by atoms with E-state index in [1.54, 1.807) is 0 Å². The highest BCUT2D eigenvalue weighted by molar-refractivity contribution is 8.00. The summed E-state index contributed by atoms with van der Waals surface area (Å²) in [4.78, 5) is 38.7. The van der Waals surface area contributed by atoms with Crippen LogP contribution in [0.3, 0.4) is 0 Å². The number of ether oxygens (including phenoxy) is 1. The number of hydrogen-bond acceptors (Lipinski definition) is 5. The number of aliphatic carboxylic acids is 1. The Morgan fingerprint density at radius 2 is 1.71 bits per heavy atom. The third kappa shape index (κ3) is 4.15. The van der Waals surface area contributed by atoms with Gasteiger partial charge in [-0.3, -0.25) is 4.79 Å². The molecule has 7 nitrogen and oxygen atoms in total. The zero-order valence-corrected chi connectivity index (χ0v) is 19.8. The molecule has 5 rings (SSSR count). The number of nitrogens with zero attached hydrogens (tertiary/aromatic N) is 1. The van der Waals surface area contributed by atoms with Gasteiger partial charge in [0, 0.05) is 23.6 Å². The third-order valence-corrected chi connectivity index (χ3v) is 8.43. The summed E-state index contributed by atoms with van der Waals surface area (Å²) in [6.45, 7) is 2.12. The number of carbonyl (C=O) groups excluding carboxylic acids is 2. The monoisotopic (exact) mass is 480 g/mol. The fraction of sp³-hybridized carbons (Fsp3) is 0.423. The normalized spacial score (nSPS) is 25.6. The summed E-state index contributed by atoms with van der Waals surface area (Å²) in [7, 11) is 0. The van der Waals surface area contributed by atoms with Gasteiger partial charge in [-0.1, -0.05) is 48.5 Å². The van der Waals surface area contributed by atoms with E-state index in [0.29, 0.717) is 25.0 Å². The Morgan fingerprint density at radius 3 is 2.35 bits per heavy atom. The summed E-state index contributed by atoms with van der Waals surface area (Å²) in [5.41, 5.74) is 4.68. The maximum atomic E-state index is 13.0. The van der Waals surface area contributed by atoms with Crippen molar-refractivity contribution >= 4 is 29.7 Å². The molecule has 178 valence electrons. The number of carboxylic acids is 1. The predicted molar refractivity (Wildman–Crippen MR) is 130 cm³/mol. The molecule has 2 aromatic rings. The number of thioether (sulfide) groups is 1. The number of rotatable bonds is 5. The topological polar surface area (TPSA) is 95.9 Å². The van der Waals surface area contributed by atoms with Crippen LogP contribution in [-0.2, 0) is 14.3 Å². The molecular formula is C26H28N2O5S. The van der Waals surface area contributed by atoms with Crippen molar-refractivity contribution in [3.8, 4) is 11.1 Å². The van der Waals surface area contributed by atoms with Crippen molar-refractivity contribution in [2.45, 2.75) is 49.6 Å². The Kier molecular flexibility index (Phi) is 6.25. The molecule has 1 heterocycles. The van der Waals surface area contributed by atoms with Gasteiger partial charge in [0.25, 0.3) is 0 Å². The molecule has 2 amide bonds. The molecule has 2 aliphatic carbocycles. The molecule has 0 spiro atoms. The molecule has 2 unspecified atom stereocenters. The lowest BCUT2D eigenvalue weighted by molar-refractivity contribution is -0.150. The number of benzene rings is 2. The predicted octanol–water partition coefficient (Wildman–Crippen LogP) is 4.07. The third-order valence-electron chi connectivity index (χ3n) is 7.21. The second-order valence-corrected chi connectivity index (χ2v) is 10.6. The summed E-state index contributed by atoms with van der Waals surface area (Å²) in [5.74, 6) is -0.950. The van der Waals surface area contributed by atoms with Gasteiger partial charge in [0.15, 0.2) is 0 Å². The quantitative estimate of drug-likeness (QED) is 0.670. The van der Waals surface area contributed by atoms with Gasteiger partial charge in [-0.2, -0.15) is 0 Å². The lowest BCUT2D eigenvalue weighted by Crippen LogP contribution is -2.47. The van der Waals surface area contributed by atoms with Crippen LogP contribution in [-0.4, -0.2) is 57.8 Å². The molecule has 1 aliphatic heterocycles. The SMILES string of the molecule is CC1SCC(C(=O)O)N1C(=O)[C@@H]1CC[C@H](NC(=O)OCC2c3ccccc3-c3ccccc32)C1. The standard InChI is InChI=1S/C26H28N2O5S/c1-15-28(23(14-34-15)25(30)31)24(29)16-10-11-17(12-16)27-26(32)33-13-22-20-8-4-2-6-18(20)19-7-3-5-9-21(19)22/h2-9,15-17,22-23H,10-14H2,1H3,(H,27,32)(H,30,31)/t15?,16-,17+,23?/m1/s1. The Hall–Kier alpha value is -3.00. The van der Waals surface area contributed by atoms with Gasteiger partial charge in [-0.25, -0.2) is 9.59 Å². The van der Waals surface area contributed by atoms with E-state index < -0.39 is 18.1 Å². The van der Waals surface area contributed by atoms with Gasteiger partial charge in [-0.15, -0.1) is 11.8 Å². The molecule has 2 aromatic carbocycles. The smallest absolute Gasteiger partial charge is 0.407 e. The van der Waals surface area contributed by atoms with Crippen molar-refractivity contribution in [1.82, 2.24) is 10.2 Å². The minimum Gasteiger partial charge on any atom is -0.480 e. The molecule has 4 atom stereocenters. The molecule has 0 radical (unpaired) electrons. The maximum absolute atomic E-state index is 13.0. The molecule has 2 N–H and O–H groups in total. The summed E-state index contributed by atoms with van der Waals surface area (Å²) >= 11 is 1.48. The van der Waals surface area contributed by atoms with E-state index in [-0.39, 0.29) is 35.8 Å². The molecule has 34 heavy (non-hydrogen) atoms. The van der Waals surface area contributed by atoms with E-state index in [4.69, 9.17) is 4.74 Å². The first-order valence-corrected chi connectivity index (χ1v) is 12.8. The number of fused-ring (bicyclic) bond motifs is 3. The molecule has 3 aliphatic rings. The molecule has 8 heteroatoms. The van der Waals surface area contributed by atoms with Crippen LogP contribution in [0.1, 0.15) is 43.2 Å². The molecule has 1 saturated carbocycles. The number of amides is 2. The molecule has 0 aromatic heterocycles. The van der Waals surface area contributed by atoms with Gasteiger partial charge < -0.3 is 20.1 Å². The average Bonchev–Trinajstić information content (AvgIpc) is 3.53. The van der Waals surface area contributed by atoms with Gasteiger partial charge >= 0.3 is 12.1 Å². The van der Waals surface area contributed by atoms with Crippen molar-refractivity contribution in [3.63, 3.8) is 0 Å². The van der Waals surface area contributed by atoms with Gasteiger partial charge in [0.2, 0.25) is 5.91 Å². The fourth-order valence-corrected chi connectivity index (χ4v) is 6.70. The van der Waals surface area contributed by atoms with E-state index >= 15 is 0 Å². The molecule has 1 saturated heterocycles. The van der Waals surface area contributed by atoms with Gasteiger partial charge in [-0.05, 0) is 48.4 Å². The largest absolute Gasteiger partial charge is 0.480 e. The maximum Gasteiger partial charge on any atom is 0.407 e. The number of carboxylic acid groups (broad SMARTS) is 1. The van der Waals surface area contributed by atoms with Gasteiger partial charge in [0.05, 0.1) is 5.37 Å². The van der Waals surface area contributed by atoms with Crippen molar-refractivity contribution in [2.75, 3.05) is 12.4 Å². The first-order valence-electron chi connectivity index (χ1n) is 11.7. The Balaban J connectivity index is 1.17. The van der Waals surface area contributed by atoms with Crippen LogP contribution in [0.5, 0.6) is 0 Å². The summed E-state index contributed by atoms with van der Waals surface area (Å²) in [6.07, 6.45) is 1.33. The van der Waals surface area contributed by atoms with Crippen LogP contribution in [0.2, 0.25) is 0 Å². The van der Waals surface area contributed by atoms with E-state index in [9.17, 15) is 19.5 Å². The highest BCUT2D eigenvalue weighted by Gasteiger charge is 2.43. The van der Waals surface area contributed by atoms with Gasteiger partial charge in [0.1, 0.15) is 12.6 Å². The van der Waals surface area contributed by atoms with E-state index in [2.05, 4.69) is 29.6 Å². The summed E-state index contributed by atoms with van der Waals surface area (Å²) < 4.78 is 5.64. The number of carbonyl (C=O) groups is 3. The first-order chi connectivity index (χ1) is 16.4. The minimum absolute atomic E-state index is 0.00170. The van der Waals surface area contributed by atoms with E-state index in [0.717, 1.165) is 11.1 Å². The van der Waals surface area contributed by atoms with Crippen LogP contribution in [0.25, 0.3) is 11.1 Å². The van der Waals surface area contributed by atoms with Crippen molar-refractivity contribution < 1.29 is 24.2 Å². The summed E-state index contributed by atoms with van der Waals surface area (Å²) in [5, 5.41) is 12.2. The van der Waals surface area contributed by atoms with Crippen LogP contribution < -0.4 is 5.32 Å². The van der Waals surface area contributed by atoms with Crippen molar-refractivity contribution in [2.24, 2.45) is 5.92 Å². The van der Waals surface area contributed by atoms with Crippen molar-refractivity contribution in [1.29, 1.82) is 0 Å². The second-order valence-electron chi connectivity index (χ2n) is 9.21. The zero-order valence-electron chi connectivity index (χ0n) is 19.0. The Bertz CT molecular complexity index is 1080. The fourth-order valence-electron chi connectivity index (χ4n) is 5.52. The highest BCUT2D eigenvalue weighted by Crippen LogP contribution is 2.44. The molecule has 0 bridgehead atoms. The number of alkyl carbamates (subject to hydrolysis) is 1. The van der Waals surface area contributed by atoms with Crippen LogP contribution in [0.15, 0.2) is 48.5 Å². The molecular weight excluding hydrogens is 452 g/mol. The van der Waals surface area contributed by atoms with Crippen LogP contribution in [0.4, 0.5) is 4.79 Å². The minimum atomic E-state index is -0.962. The van der Waals surface area contributed by atoms with E-state index in [1.807, 2.05) is 31.2 Å². The summed E-state index contributed by atoms with van der Waals surface area (Å²) in [6, 6.07) is 15.5. The Labute approximate surface area is 202 Å². The number of nitrogens with one attached hydrogen (secondary N) is 1. The van der Waals surface area contributed by atoms with E-state index in [1.165, 1.54) is 27.8 Å². The van der Waals surface area contributed by atoms with Crippen LogP contribution >= 0.6 is 11.8 Å². The number of hydrogen-bond donors (Lipinski definition) is 2. The van der Waals surface area contributed by atoms with Crippen LogP contribution in [0, 0.1) is 5.92 Å². The highest BCUT2D eigenvalue weighted by atomic mass is 32.2. The molecule has 2 fully saturated rings. The second kappa shape index (κ2) is 9.33. The average molecular weight is 481 g/mol. The first kappa shape index (κ1) is 22.8. The lowest BCUT2D eigenvalue weighted by atomic mass is 9.98.